The van der Waals surface area contributed by atoms with Gasteiger partial charge in [-0.05, 0) is 26.2 Å². The molecule has 1 atom stereocenters. The second-order valence-corrected chi connectivity index (χ2v) is 4.66. The maximum Gasteiger partial charge on any atom is 0.313 e. The summed E-state index contributed by atoms with van der Waals surface area (Å²) in [4.78, 5) is 12.1. The Labute approximate surface area is 116 Å². The van der Waals surface area contributed by atoms with Crippen molar-refractivity contribution in [3.8, 4) is 0 Å². The van der Waals surface area contributed by atoms with Gasteiger partial charge in [-0.3, -0.25) is 4.79 Å². The maximum absolute atomic E-state index is 12.1. The number of nitrogens with two attached hydrogens (primary N) is 1. The zero-order chi connectivity index (χ0) is 14.6. The van der Waals surface area contributed by atoms with Crippen LogP contribution in [0.2, 0.25) is 0 Å². The number of carbonyl (C=O) groups is 1. The van der Waals surface area contributed by atoms with Crippen LogP contribution in [0.5, 0.6) is 0 Å². The number of esters is 1. The molecule has 0 radical (unpaired) electrons. The van der Waals surface area contributed by atoms with Crippen LogP contribution in [0.15, 0.2) is 0 Å². The van der Waals surface area contributed by atoms with Crippen LogP contribution in [0.3, 0.4) is 0 Å². The molecule has 5 nitrogen and oxygen atoms in total. The van der Waals surface area contributed by atoms with Gasteiger partial charge in [0.15, 0.2) is 0 Å². The zero-order valence-electron chi connectivity index (χ0n) is 12.6. The average molecular weight is 275 g/mol. The van der Waals surface area contributed by atoms with E-state index in [0.29, 0.717) is 39.4 Å². The zero-order valence-corrected chi connectivity index (χ0v) is 12.6. The van der Waals surface area contributed by atoms with Gasteiger partial charge in [0, 0.05) is 33.5 Å². The Hall–Kier alpha value is -0.650. The second kappa shape index (κ2) is 11.2. The van der Waals surface area contributed by atoms with E-state index < -0.39 is 5.41 Å². The van der Waals surface area contributed by atoms with E-state index in [1.165, 1.54) is 0 Å². The Morgan fingerprint density at radius 3 is 2.42 bits per heavy atom. The van der Waals surface area contributed by atoms with Crippen LogP contribution in [0.1, 0.15) is 39.5 Å². The minimum absolute atomic E-state index is 0.195. The molecule has 0 aromatic rings. The Morgan fingerprint density at radius 2 is 1.89 bits per heavy atom. The highest BCUT2D eigenvalue weighted by atomic mass is 16.5. The lowest BCUT2D eigenvalue weighted by molar-refractivity contribution is -0.156. The monoisotopic (exact) mass is 275 g/mol. The normalized spacial score (nSPS) is 14.1. The quantitative estimate of drug-likeness (QED) is 0.434. The summed E-state index contributed by atoms with van der Waals surface area (Å²) in [5.74, 6) is -0.195. The molecule has 0 aromatic carbocycles. The van der Waals surface area contributed by atoms with Gasteiger partial charge in [0.05, 0.1) is 12.0 Å². The number of methoxy groups -OCH3 is 1. The molecule has 0 saturated carbocycles. The third-order valence-electron chi connectivity index (χ3n) is 3.19. The molecular formula is C14H29NO4. The Bertz CT molecular complexity index is 235. The van der Waals surface area contributed by atoms with Crippen LogP contribution < -0.4 is 5.73 Å². The van der Waals surface area contributed by atoms with E-state index in [-0.39, 0.29) is 5.97 Å². The Balaban J connectivity index is 4.22. The third-order valence-corrected chi connectivity index (χ3v) is 3.19. The molecular weight excluding hydrogens is 246 g/mol. The van der Waals surface area contributed by atoms with Crippen molar-refractivity contribution in [2.24, 2.45) is 11.1 Å². The van der Waals surface area contributed by atoms with Gasteiger partial charge in [0.1, 0.15) is 0 Å². The molecule has 0 saturated heterocycles. The predicted octanol–water partition coefficient (Wildman–Crippen LogP) is 1.74. The molecule has 5 heteroatoms. The number of rotatable bonds is 12. The van der Waals surface area contributed by atoms with Gasteiger partial charge in [-0.25, -0.2) is 0 Å². The van der Waals surface area contributed by atoms with Crippen molar-refractivity contribution in [3.05, 3.63) is 0 Å². The fraction of sp³-hybridized carbons (Fsp3) is 0.929. The molecule has 0 aliphatic carbocycles. The highest BCUT2D eigenvalue weighted by Gasteiger charge is 2.37. The first kappa shape index (κ1) is 18.4. The van der Waals surface area contributed by atoms with E-state index in [9.17, 15) is 4.79 Å². The molecule has 1 unspecified atom stereocenters. The van der Waals surface area contributed by atoms with Crippen LogP contribution in [-0.4, -0.2) is 46.1 Å². The van der Waals surface area contributed by atoms with Gasteiger partial charge < -0.3 is 19.9 Å². The molecule has 0 heterocycles. The van der Waals surface area contributed by atoms with E-state index in [0.717, 1.165) is 19.3 Å². The highest BCUT2D eigenvalue weighted by molar-refractivity contribution is 5.77. The first-order valence-corrected chi connectivity index (χ1v) is 7.10. The number of carbonyl (C=O) groups excluding carboxylic acids is 1. The summed E-state index contributed by atoms with van der Waals surface area (Å²) in [6.07, 6.45) is 3.12. The number of hydrogen-bond donors (Lipinski definition) is 1. The summed E-state index contributed by atoms with van der Waals surface area (Å²) in [6.45, 7) is 6.41. The van der Waals surface area contributed by atoms with Crippen molar-refractivity contribution in [2.45, 2.75) is 39.5 Å². The summed E-state index contributed by atoms with van der Waals surface area (Å²) < 4.78 is 15.6. The van der Waals surface area contributed by atoms with Crippen LogP contribution in [0.4, 0.5) is 0 Å². The number of hydrogen-bond acceptors (Lipinski definition) is 5. The van der Waals surface area contributed by atoms with E-state index in [1.54, 1.807) is 7.11 Å². The van der Waals surface area contributed by atoms with Crippen LogP contribution in [0.25, 0.3) is 0 Å². The summed E-state index contributed by atoms with van der Waals surface area (Å²) in [5.41, 5.74) is 5.22. The lowest BCUT2D eigenvalue weighted by Gasteiger charge is -2.29. The smallest absolute Gasteiger partial charge is 0.313 e. The summed E-state index contributed by atoms with van der Waals surface area (Å²) >= 11 is 0. The van der Waals surface area contributed by atoms with Gasteiger partial charge in [-0.15, -0.1) is 0 Å². The van der Waals surface area contributed by atoms with Crippen LogP contribution in [0, 0.1) is 5.41 Å². The van der Waals surface area contributed by atoms with Crippen molar-refractivity contribution >= 4 is 5.97 Å². The topological polar surface area (TPSA) is 70.8 Å². The molecule has 0 amide bonds. The molecule has 19 heavy (non-hydrogen) atoms. The van der Waals surface area contributed by atoms with Crippen LogP contribution >= 0.6 is 0 Å². The van der Waals surface area contributed by atoms with Crippen molar-refractivity contribution in [1.29, 1.82) is 0 Å². The molecule has 0 aliphatic rings. The minimum Gasteiger partial charge on any atom is -0.466 e. The molecule has 0 spiro atoms. The first-order chi connectivity index (χ1) is 9.16. The molecule has 0 bridgehead atoms. The Morgan fingerprint density at radius 1 is 1.16 bits per heavy atom. The maximum atomic E-state index is 12.1. The van der Waals surface area contributed by atoms with Gasteiger partial charge in [0.25, 0.3) is 0 Å². The minimum atomic E-state index is -0.591. The molecule has 0 fully saturated rings. The summed E-state index contributed by atoms with van der Waals surface area (Å²) in [7, 11) is 1.67. The molecule has 0 aliphatic heterocycles. The standard InChI is InChI=1S/C14H29NO4/c1-4-7-14(12-15,13(16)19-5-2)8-11-18-10-6-9-17-3/h4-12,15H2,1-3H3. The molecule has 2 N–H and O–H groups in total. The summed E-state index contributed by atoms with van der Waals surface area (Å²) in [5, 5.41) is 0. The molecule has 0 rings (SSSR count). The lowest BCUT2D eigenvalue weighted by atomic mass is 9.80. The van der Waals surface area contributed by atoms with Crippen molar-refractivity contribution in [2.75, 3.05) is 40.1 Å². The fourth-order valence-corrected chi connectivity index (χ4v) is 2.05. The molecule has 0 aromatic heterocycles. The van der Waals surface area contributed by atoms with E-state index in [2.05, 4.69) is 0 Å². The lowest BCUT2D eigenvalue weighted by Crippen LogP contribution is -2.41. The highest BCUT2D eigenvalue weighted by Crippen LogP contribution is 2.29. The Kier molecular flexibility index (Phi) is 10.8. The van der Waals surface area contributed by atoms with Crippen molar-refractivity contribution in [1.82, 2.24) is 0 Å². The fourth-order valence-electron chi connectivity index (χ4n) is 2.05. The van der Waals surface area contributed by atoms with Gasteiger partial charge in [-0.2, -0.15) is 0 Å². The van der Waals surface area contributed by atoms with E-state index in [4.69, 9.17) is 19.9 Å². The van der Waals surface area contributed by atoms with Gasteiger partial charge >= 0.3 is 5.97 Å². The summed E-state index contributed by atoms with van der Waals surface area (Å²) in [6, 6.07) is 0. The van der Waals surface area contributed by atoms with Crippen LogP contribution in [-0.2, 0) is 19.0 Å². The van der Waals surface area contributed by atoms with Crippen molar-refractivity contribution in [3.63, 3.8) is 0 Å². The van der Waals surface area contributed by atoms with E-state index in [1.807, 2.05) is 13.8 Å². The second-order valence-electron chi connectivity index (χ2n) is 4.66. The van der Waals surface area contributed by atoms with Crippen molar-refractivity contribution < 1.29 is 19.0 Å². The predicted molar refractivity (Wildman–Crippen MR) is 75.0 cm³/mol. The largest absolute Gasteiger partial charge is 0.466 e. The molecule has 114 valence electrons. The van der Waals surface area contributed by atoms with E-state index >= 15 is 0 Å². The van der Waals surface area contributed by atoms with Gasteiger partial charge in [-0.1, -0.05) is 13.3 Å². The SMILES string of the molecule is CCCC(CN)(CCOCCCOC)C(=O)OCC. The third kappa shape index (κ3) is 6.89. The average Bonchev–Trinajstić information content (AvgIpc) is 2.41. The first-order valence-electron chi connectivity index (χ1n) is 7.10. The van der Waals surface area contributed by atoms with Gasteiger partial charge in [0.2, 0.25) is 0 Å². The number of ether oxygens (including phenoxy) is 3.